The third-order valence-corrected chi connectivity index (χ3v) is 4.41. The summed E-state index contributed by atoms with van der Waals surface area (Å²) in [5, 5.41) is 0. The van der Waals surface area contributed by atoms with Crippen LogP contribution in [0.5, 0.6) is 0 Å². The van der Waals surface area contributed by atoms with Gasteiger partial charge in [0, 0.05) is 13.1 Å². The van der Waals surface area contributed by atoms with E-state index in [1.807, 2.05) is 0 Å². The fraction of sp³-hybridized carbons (Fsp3) is 0.667. The Balaban J connectivity index is 1.93. The number of nitrogens with zero attached hydrogens (tertiary/aromatic N) is 1. The lowest BCUT2D eigenvalue weighted by atomic mass is 9.85. The topological polar surface area (TPSA) is 3.24 Å². The second kappa shape index (κ2) is 6.09. The largest absolute Gasteiger partial charge is 0.299 e. The van der Waals surface area contributed by atoms with Crippen molar-refractivity contribution in [3.05, 3.63) is 35.4 Å². The Hall–Kier alpha value is -0.820. The van der Waals surface area contributed by atoms with Crippen LogP contribution < -0.4 is 0 Å². The summed E-state index contributed by atoms with van der Waals surface area (Å²) in [6.45, 7) is 12.7. The molecule has 0 saturated heterocycles. The number of hydrogen-bond donors (Lipinski definition) is 0. The second-order valence-electron chi connectivity index (χ2n) is 7.07. The summed E-state index contributed by atoms with van der Waals surface area (Å²) >= 11 is 0. The molecule has 19 heavy (non-hydrogen) atoms. The lowest BCUT2D eigenvalue weighted by Crippen LogP contribution is -2.32. The molecule has 0 atom stereocenters. The molecular formula is C18H29N. The van der Waals surface area contributed by atoms with Gasteiger partial charge in [0.25, 0.3) is 0 Å². The van der Waals surface area contributed by atoms with Gasteiger partial charge in [0.2, 0.25) is 0 Å². The van der Waals surface area contributed by atoms with Crippen LogP contribution >= 0.6 is 0 Å². The number of rotatable bonds is 5. The summed E-state index contributed by atoms with van der Waals surface area (Å²) in [5.74, 6) is 0.966. The van der Waals surface area contributed by atoms with Crippen LogP contribution in [0.25, 0.3) is 0 Å². The predicted molar refractivity (Wildman–Crippen MR) is 83.4 cm³/mol. The normalized spacial score (nSPS) is 16.7. The van der Waals surface area contributed by atoms with Gasteiger partial charge >= 0.3 is 0 Å². The second-order valence-corrected chi connectivity index (χ2v) is 7.07. The molecule has 1 fully saturated rings. The van der Waals surface area contributed by atoms with E-state index in [-0.39, 0.29) is 5.41 Å². The molecule has 0 aliphatic heterocycles. The molecule has 0 N–H and O–H groups in total. The van der Waals surface area contributed by atoms with Crippen molar-refractivity contribution in [2.24, 2.45) is 5.92 Å². The van der Waals surface area contributed by atoms with E-state index >= 15 is 0 Å². The molecule has 1 aromatic rings. The lowest BCUT2D eigenvalue weighted by molar-refractivity contribution is 0.178. The van der Waals surface area contributed by atoms with Crippen molar-refractivity contribution in [1.82, 2.24) is 4.90 Å². The highest BCUT2D eigenvalue weighted by Crippen LogP contribution is 2.28. The number of benzene rings is 1. The summed E-state index contributed by atoms with van der Waals surface area (Å²) in [5.41, 5.74) is 3.14. The van der Waals surface area contributed by atoms with E-state index in [0.29, 0.717) is 0 Å². The molecule has 0 aromatic heterocycles. The van der Waals surface area contributed by atoms with Gasteiger partial charge < -0.3 is 0 Å². The molecule has 0 radical (unpaired) electrons. The van der Waals surface area contributed by atoms with E-state index in [1.54, 1.807) is 0 Å². The summed E-state index contributed by atoms with van der Waals surface area (Å²) in [7, 11) is 0. The lowest BCUT2D eigenvalue weighted by Gasteiger charge is -2.32. The molecule has 2 rings (SSSR count). The van der Waals surface area contributed by atoms with Gasteiger partial charge in [0.15, 0.2) is 0 Å². The first kappa shape index (κ1) is 14.6. The van der Waals surface area contributed by atoms with Gasteiger partial charge in [-0.3, -0.25) is 4.90 Å². The first-order chi connectivity index (χ1) is 8.99. The summed E-state index contributed by atoms with van der Waals surface area (Å²) in [6.07, 6.45) is 4.33. The van der Waals surface area contributed by atoms with Crippen LogP contribution in [0.15, 0.2) is 24.3 Å². The highest BCUT2D eigenvalue weighted by Gasteiger charge is 2.20. The average molecular weight is 259 g/mol. The molecule has 1 saturated carbocycles. The summed E-state index contributed by atoms with van der Waals surface area (Å²) in [6, 6.07) is 9.22. The molecular weight excluding hydrogens is 230 g/mol. The Labute approximate surface area is 119 Å². The SMILES string of the molecule is CCN(Cc1ccc(C(C)(C)C)cc1)CC1CCC1. The Bertz CT molecular complexity index is 381. The molecule has 0 heterocycles. The minimum atomic E-state index is 0.259. The van der Waals surface area contributed by atoms with Crippen molar-refractivity contribution in [2.45, 2.75) is 58.9 Å². The van der Waals surface area contributed by atoms with E-state index in [9.17, 15) is 0 Å². The summed E-state index contributed by atoms with van der Waals surface area (Å²) in [4.78, 5) is 2.59. The standard InChI is InChI=1S/C18H29N/c1-5-19(13-15-7-6-8-15)14-16-9-11-17(12-10-16)18(2,3)4/h9-12,15H,5-8,13-14H2,1-4H3. The van der Waals surface area contributed by atoms with Crippen LogP contribution in [-0.2, 0) is 12.0 Å². The highest BCUT2D eigenvalue weighted by atomic mass is 15.1. The molecule has 0 bridgehead atoms. The molecule has 0 spiro atoms. The zero-order valence-electron chi connectivity index (χ0n) is 13.1. The average Bonchev–Trinajstić information content (AvgIpc) is 2.31. The minimum absolute atomic E-state index is 0.259. The number of hydrogen-bond acceptors (Lipinski definition) is 1. The van der Waals surface area contributed by atoms with Crippen molar-refractivity contribution >= 4 is 0 Å². The van der Waals surface area contributed by atoms with Crippen molar-refractivity contribution < 1.29 is 0 Å². The van der Waals surface area contributed by atoms with Gasteiger partial charge in [-0.1, -0.05) is 58.4 Å². The van der Waals surface area contributed by atoms with Gasteiger partial charge in [-0.2, -0.15) is 0 Å². The quantitative estimate of drug-likeness (QED) is 0.746. The van der Waals surface area contributed by atoms with E-state index in [1.165, 1.54) is 36.9 Å². The van der Waals surface area contributed by atoms with Crippen LogP contribution in [0.1, 0.15) is 58.1 Å². The van der Waals surface area contributed by atoms with Gasteiger partial charge in [-0.05, 0) is 41.8 Å². The van der Waals surface area contributed by atoms with Crippen LogP contribution in [0.3, 0.4) is 0 Å². The molecule has 1 heteroatoms. The Kier molecular flexibility index (Phi) is 4.67. The molecule has 0 amide bonds. The molecule has 106 valence electrons. The molecule has 1 aromatic carbocycles. The maximum Gasteiger partial charge on any atom is 0.0233 e. The third-order valence-electron chi connectivity index (χ3n) is 4.41. The minimum Gasteiger partial charge on any atom is -0.299 e. The first-order valence-corrected chi connectivity index (χ1v) is 7.81. The summed E-state index contributed by atoms with van der Waals surface area (Å²) < 4.78 is 0. The van der Waals surface area contributed by atoms with Crippen LogP contribution in [0.2, 0.25) is 0 Å². The fourth-order valence-electron chi connectivity index (χ4n) is 2.71. The Morgan fingerprint density at radius 3 is 2.16 bits per heavy atom. The van der Waals surface area contributed by atoms with E-state index in [4.69, 9.17) is 0 Å². The zero-order chi connectivity index (χ0) is 13.9. The Morgan fingerprint density at radius 1 is 1.11 bits per heavy atom. The van der Waals surface area contributed by atoms with Crippen LogP contribution in [-0.4, -0.2) is 18.0 Å². The van der Waals surface area contributed by atoms with Crippen LogP contribution in [0.4, 0.5) is 0 Å². The van der Waals surface area contributed by atoms with Gasteiger partial charge in [0.05, 0.1) is 0 Å². The van der Waals surface area contributed by atoms with Gasteiger partial charge in [0.1, 0.15) is 0 Å². The van der Waals surface area contributed by atoms with Crippen LogP contribution in [0, 0.1) is 5.92 Å². The van der Waals surface area contributed by atoms with E-state index in [0.717, 1.165) is 19.0 Å². The first-order valence-electron chi connectivity index (χ1n) is 7.81. The Morgan fingerprint density at radius 2 is 1.74 bits per heavy atom. The molecule has 0 unspecified atom stereocenters. The van der Waals surface area contributed by atoms with E-state index in [2.05, 4.69) is 56.9 Å². The zero-order valence-corrected chi connectivity index (χ0v) is 13.1. The van der Waals surface area contributed by atoms with Gasteiger partial charge in [-0.25, -0.2) is 0 Å². The van der Waals surface area contributed by atoms with Crippen molar-refractivity contribution in [2.75, 3.05) is 13.1 Å². The molecule has 1 aliphatic rings. The van der Waals surface area contributed by atoms with E-state index < -0.39 is 0 Å². The maximum atomic E-state index is 2.59. The smallest absolute Gasteiger partial charge is 0.0233 e. The van der Waals surface area contributed by atoms with Gasteiger partial charge in [-0.15, -0.1) is 0 Å². The third kappa shape index (κ3) is 4.07. The predicted octanol–water partition coefficient (Wildman–Crippen LogP) is 4.61. The van der Waals surface area contributed by atoms with Crippen molar-refractivity contribution in [1.29, 1.82) is 0 Å². The maximum absolute atomic E-state index is 2.59. The van der Waals surface area contributed by atoms with Crippen molar-refractivity contribution in [3.8, 4) is 0 Å². The monoisotopic (exact) mass is 259 g/mol. The fourth-order valence-corrected chi connectivity index (χ4v) is 2.71. The van der Waals surface area contributed by atoms with Crippen molar-refractivity contribution in [3.63, 3.8) is 0 Å². The highest BCUT2D eigenvalue weighted by molar-refractivity contribution is 5.27. The molecule has 1 aliphatic carbocycles. The molecule has 1 nitrogen and oxygen atoms in total.